The molecule has 5 heteroatoms. The Morgan fingerprint density at radius 1 is 1.22 bits per heavy atom. The molecule has 4 nitrogen and oxygen atoms in total. The fourth-order valence-corrected chi connectivity index (χ4v) is 4.37. The number of anilines is 1. The second-order valence-electron chi connectivity index (χ2n) is 6.48. The lowest BCUT2D eigenvalue weighted by Gasteiger charge is -2.37. The van der Waals surface area contributed by atoms with Crippen LogP contribution in [0.4, 0.5) is 5.82 Å². The third-order valence-electron chi connectivity index (χ3n) is 5.11. The van der Waals surface area contributed by atoms with Crippen LogP contribution in [0.2, 0.25) is 0 Å². The largest absolute Gasteiger partial charge is 0.393 e. The summed E-state index contributed by atoms with van der Waals surface area (Å²) >= 11 is 3.60. The average molecular weight is 377 g/mol. The zero-order valence-electron chi connectivity index (χ0n) is 13.0. The van der Waals surface area contributed by atoms with Gasteiger partial charge in [-0.25, -0.2) is 4.98 Å². The molecule has 1 aromatic carbocycles. The molecule has 2 saturated heterocycles. The van der Waals surface area contributed by atoms with Crippen LogP contribution in [0.1, 0.15) is 19.3 Å². The van der Waals surface area contributed by atoms with Crippen molar-refractivity contribution in [1.82, 2.24) is 4.98 Å². The van der Waals surface area contributed by atoms with Crippen LogP contribution in [0.5, 0.6) is 0 Å². The molecule has 2 aliphatic rings. The van der Waals surface area contributed by atoms with Gasteiger partial charge in [0.05, 0.1) is 18.2 Å². The van der Waals surface area contributed by atoms with E-state index in [1.165, 1.54) is 0 Å². The van der Waals surface area contributed by atoms with Gasteiger partial charge in [0.2, 0.25) is 0 Å². The molecule has 2 aliphatic heterocycles. The minimum absolute atomic E-state index is 0.183. The molecule has 1 aromatic heterocycles. The summed E-state index contributed by atoms with van der Waals surface area (Å²) in [6, 6.07) is 10.7. The molecule has 1 N–H and O–H groups in total. The van der Waals surface area contributed by atoms with Crippen LogP contribution >= 0.6 is 15.9 Å². The van der Waals surface area contributed by atoms with Crippen molar-refractivity contribution in [3.05, 3.63) is 34.8 Å². The molecule has 4 rings (SSSR count). The highest BCUT2D eigenvalue weighted by Crippen LogP contribution is 2.34. The van der Waals surface area contributed by atoms with Crippen molar-refractivity contribution < 1.29 is 9.84 Å². The summed E-state index contributed by atoms with van der Waals surface area (Å²) in [5, 5.41) is 11.5. The first-order valence-corrected chi connectivity index (χ1v) is 9.11. The zero-order valence-corrected chi connectivity index (χ0v) is 14.6. The number of halogens is 1. The Morgan fingerprint density at radius 2 is 2.13 bits per heavy atom. The Labute approximate surface area is 144 Å². The number of pyridine rings is 1. The van der Waals surface area contributed by atoms with Gasteiger partial charge < -0.3 is 14.7 Å². The van der Waals surface area contributed by atoms with Gasteiger partial charge in [-0.2, -0.15) is 0 Å². The second kappa shape index (κ2) is 6.38. The third kappa shape index (κ3) is 2.86. The average Bonchev–Trinajstić information content (AvgIpc) is 3.05. The van der Waals surface area contributed by atoms with E-state index in [-0.39, 0.29) is 12.0 Å². The lowest BCUT2D eigenvalue weighted by atomic mass is 9.89. The van der Waals surface area contributed by atoms with Crippen molar-refractivity contribution in [3.63, 3.8) is 0 Å². The van der Waals surface area contributed by atoms with Gasteiger partial charge in [-0.1, -0.05) is 12.1 Å². The Balaban J connectivity index is 1.67. The van der Waals surface area contributed by atoms with Gasteiger partial charge in [0, 0.05) is 35.0 Å². The van der Waals surface area contributed by atoms with Crippen molar-refractivity contribution in [2.75, 3.05) is 24.7 Å². The quantitative estimate of drug-likeness (QED) is 0.872. The van der Waals surface area contributed by atoms with Gasteiger partial charge in [-0.15, -0.1) is 0 Å². The van der Waals surface area contributed by atoms with Crippen LogP contribution in [-0.2, 0) is 4.74 Å². The Kier molecular flexibility index (Phi) is 4.26. The van der Waals surface area contributed by atoms with Crippen LogP contribution in [0, 0.1) is 5.92 Å². The summed E-state index contributed by atoms with van der Waals surface area (Å²) in [5.74, 6) is 1.19. The Bertz CT molecular complexity index is 708. The van der Waals surface area contributed by atoms with E-state index in [2.05, 4.69) is 39.0 Å². The molecule has 122 valence electrons. The van der Waals surface area contributed by atoms with Gasteiger partial charge in [0.25, 0.3) is 0 Å². The Morgan fingerprint density at radius 3 is 3.00 bits per heavy atom. The molecule has 0 bridgehead atoms. The molecule has 2 fully saturated rings. The van der Waals surface area contributed by atoms with Crippen molar-refractivity contribution in [2.45, 2.75) is 31.4 Å². The molecular formula is C18H21BrN2O2. The fourth-order valence-electron chi connectivity index (χ4n) is 3.90. The summed E-state index contributed by atoms with van der Waals surface area (Å²) in [4.78, 5) is 7.25. The number of fused-ring (bicyclic) bond motifs is 1. The molecule has 0 spiro atoms. The standard InChI is InChI=1S/C18H21BrN2O2/c19-14-4-1-3-12-6-7-17(20-18(12)14)21-9-2-5-15(21)13-11-23-10-8-16(13)22/h1,3-4,6-7,13,15-16,22H,2,5,8-11H2. The van der Waals surface area contributed by atoms with E-state index in [0.717, 1.165) is 47.0 Å². The van der Waals surface area contributed by atoms with E-state index < -0.39 is 0 Å². The van der Waals surface area contributed by atoms with Crippen LogP contribution in [-0.4, -0.2) is 42.0 Å². The second-order valence-corrected chi connectivity index (χ2v) is 7.33. The van der Waals surface area contributed by atoms with E-state index in [1.54, 1.807) is 0 Å². The Hall–Kier alpha value is -1.17. The topological polar surface area (TPSA) is 45.6 Å². The van der Waals surface area contributed by atoms with Crippen molar-refractivity contribution in [2.24, 2.45) is 5.92 Å². The third-order valence-corrected chi connectivity index (χ3v) is 5.75. The van der Waals surface area contributed by atoms with Gasteiger partial charge >= 0.3 is 0 Å². The highest BCUT2D eigenvalue weighted by molar-refractivity contribution is 9.10. The molecule has 3 atom stereocenters. The predicted molar refractivity (Wildman–Crippen MR) is 94.7 cm³/mol. The molecule has 23 heavy (non-hydrogen) atoms. The molecular weight excluding hydrogens is 356 g/mol. The molecule has 2 aromatic rings. The van der Waals surface area contributed by atoms with Gasteiger partial charge in [0.15, 0.2) is 0 Å². The number of ether oxygens (including phenoxy) is 1. The summed E-state index contributed by atoms with van der Waals surface area (Å²) < 4.78 is 6.65. The SMILES string of the molecule is OC1CCOCC1C1CCCN1c1ccc2cccc(Br)c2n1. The minimum Gasteiger partial charge on any atom is -0.393 e. The first-order valence-electron chi connectivity index (χ1n) is 8.32. The van der Waals surface area contributed by atoms with Gasteiger partial charge in [0.1, 0.15) is 5.82 Å². The van der Waals surface area contributed by atoms with Crippen molar-refractivity contribution in [3.8, 4) is 0 Å². The number of hydrogen-bond donors (Lipinski definition) is 1. The molecule has 0 saturated carbocycles. The number of aliphatic hydroxyl groups excluding tert-OH is 1. The minimum atomic E-state index is -0.262. The number of aliphatic hydroxyl groups is 1. The highest BCUT2D eigenvalue weighted by atomic mass is 79.9. The van der Waals surface area contributed by atoms with Crippen LogP contribution in [0.15, 0.2) is 34.8 Å². The van der Waals surface area contributed by atoms with E-state index >= 15 is 0 Å². The lowest BCUT2D eigenvalue weighted by Crippen LogP contribution is -2.46. The number of hydrogen-bond acceptors (Lipinski definition) is 4. The maximum Gasteiger partial charge on any atom is 0.129 e. The first-order chi connectivity index (χ1) is 11.2. The molecule has 0 radical (unpaired) electrons. The number of para-hydroxylation sites is 1. The number of benzene rings is 1. The van der Waals surface area contributed by atoms with Crippen LogP contribution in [0.25, 0.3) is 10.9 Å². The summed E-state index contributed by atoms with van der Waals surface area (Å²) in [7, 11) is 0. The number of rotatable bonds is 2. The smallest absolute Gasteiger partial charge is 0.129 e. The van der Waals surface area contributed by atoms with Gasteiger partial charge in [-0.05, 0) is 53.4 Å². The van der Waals surface area contributed by atoms with Crippen molar-refractivity contribution >= 4 is 32.7 Å². The highest BCUT2D eigenvalue weighted by Gasteiger charge is 2.38. The van der Waals surface area contributed by atoms with Crippen LogP contribution < -0.4 is 4.90 Å². The van der Waals surface area contributed by atoms with Crippen molar-refractivity contribution in [1.29, 1.82) is 0 Å². The van der Waals surface area contributed by atoms with Crippen LogP contribution in [0.3, 0.4) is 0 Å². The predicted octanol–water partition coefficient (Wildman–Crippen LogP) is 3.36. The summed E-state index contributed by atoms with van der Waals surface area (Å²) in [6.45, 7) is 2.32. The molecule has 3 heterocycles. The zero-order chi connectivity index (χ0) is 15.8. The van der Waals surface area contributed by atoms with E-state index in [0.29, 0.717) is 19.3 Å². The van der Waals surface area contributed by atoms with Gasteiger partial charge in [-0.3, -0.25) is 0 Å². The van der Waals surface area contributed by atoms with E-state index in [9.17, 15) is 5.11 Å². The summed E-state index contributed by atoms with van der Waals surface area (Å²) in [6.07, 6.45) is 2.72. The maximum atomic E-state index is 10.4. The molecule has 0 aliphatic carbocycles. The lowest BCUT2D eigenvalue weighted by molar-refractivity contribution is -0.0438. The fraction of sp³-hybridized carbons (Fsp3) is 0.500. The van der Waals surface area contributed by atoms with E-state index in [1.807, 2.05) is 12.1 Å². The van der Waals surface area contributed by atoms with E-state index in [4.69, 9.17) is 9.72 Å². The summed E-state index contributed by atoms with van der Waals surface area (Å²) in [5.41, 5.74) is 0.996. The maximum absolute atomic E-state index is 10.4. The normalized spacial score (nSPS) is 28.4. The first kappa shape index (κ1) is 15.4. The number of nitrogens with zero attached hydrogens (tertiary/aromatic N) is 2. The molecule has 3 unspecified atom stereocenters. The monoisotopic (exact) mass is 376 g/mol. The number of aromatic nitrogens is 1. The molecule has 0 amide bonds.